The summed E-state index contributed by atoms with van der Waals surface area (Å²) in [5, 5.41) is 7.28. The Labute approximate surface area is 174 Å². The van der Waals surface area contributed by atoms with E-state index in [4.69, 9.17) is 16.3 Å². The number of ether oxygens (including phenoxy) is 1. The van der Waals surface area contributed by atoms with Crippen molar-refractivity contribution in [2.24, 2.45) is 0 Å². The molecule has 0 saturated heterocycles. The molecule has 0 aliphatic heterocycles. The minimum Gasteiger partial charge on any atom is -0.452 e. The van der Waals surface area contributed by atoms with Gasteiger partial charge in [0.05, 0.1) is 12.2 Å². The number of anilines is 1. The zero-order valence-corrected chi connectivity index (χ0v) is 17.1. The number of carbonyl (C=O) groups is 2. The summed E-state index contributed by atoms with van der Waals surface area (Å²) < 4.78 is 6.71. The number of aromatic nitrogens is 2. The summed E-state index contributed by atoms with van der Waals surface area (Å²) in [7, 11) is 0. The Kier molecular flexibility index (Phi) is 6.67. The number of amides is 1. The predicted molar refractivity (Wildman–Crippen MR) is 112 cm³/mol. The second-order valence-corrected chi connectivity index (χ2v) is 6.89. The number of benzene rings is 2. The van der Waals surface area contributed by atoms with Crippen LogP contribution in [0.2, 0.25) is 5.15 Å². The summed E-state index contributed by atoms with van der Waals surface area (Å²) in [6.07, 6.45) is 0.783. The van der Waals surface area contributed by atoms with Gasteiger partial charge in [-0.05, 0) is 30.5 Å². The highest BCUT2D eigenvalue weighted by molar-refractivity contribution is 6.32. The average molecular weight is 412 g/mol. The maximum atomic E-state index is 12.5. The van der Waals surface area contributed by atoms with Gasteiger partial charge in [0.15, 0.2) is 6.61 Å². The molecule has 3 rings (SSSR count). The van der Waals surface area contributed by atoms with Crippen molar-refractivity contribution in [1.29, 1.82) is 0 Å². The first kappa shape index (κ1) is 20.6. The van der Waals surface area contributed by atoms with Gasteiger partial charge in [-0.3, -0.25) is 4.79 Å². The van der Waals surface area contributed by atoms with Crippen LogP contribution < -0.4 is 5.32 Å². The molecule has 1 heterocycles. The van der Waals surface area contributed by atoms with Gasteiger partial charge in [-0.1, -0.05) is 67.1 Å². The van der Waals surface area contributed by atoms with Gasteiger partial charge < -0.3 is 10.1 Å². The lowest BCUT2D eigenvalue weighted by Gasteiger charge is -2.10. The van der Waals surface area contributed by atoms with E-state index in [0.29, 0.717) is 17.9 Å². The van der Waals surface area contributed by atoms with E-state index in [-0.39, 0.29) is 10.7 Å². The molecule has 0 aliphatic carbocycles. The maximum absolute atomic E-state index is 12.5. The number of nitrogens with one attached hydrogen (secondary N) is 1. The van der Waals surface area contributed by atoms with E-state index in [1.165, 1.54) is 0 Å². The number of esters is 1. The minimum atomic E-state index is -0.675. The second kappa shape index (κ2) is 9.39. The molecule has 0 radical (unpaired) electrons. The van der Waals surface area contributed by atoms with Gasteiger partial charge in [-0.25, -0.2) is 9.48 Å². The molecule has 1 N–H and O–H groups in total. The van der Waals surface area contributed by atoms with Crippen LogP contribution in [0.1, 0.15) is 34.1 Å². The molecule has 1 aromatic heterocycles. The average Bonchev–Trinajstić information content (AvgIpc) is 3.00. The fourth-order valence-electron chi connectivity index (χ4n) is 2.99. The third kappa shape index (κ3) is 5.03. The molecule has 29 heavy (non-hydrogen) atoms. The lowest BCUT2D eigenvalue weighted by atomic mass is 10.1. The van der Waals surface area contributed by atoms with E-state index < -0.39 is 18.5 Å². The highest BCUT2D eigenvalue weighted by Crippen LogP contribution is 2.22. The molecular formula is C22H22ClN3O3. The van der Waals surface area contributed by atoms with E-state index in [1.54, 1.807) is 11.6 Å². The Morgan fingerprint density at radius 1 is 1.10 bits per heavy atom. The van der Waals surface area contributed by atoms with Crippen LogP contribution in [0.25, 0.3) is 0 Å². The van der Waals surface area contributed by atoms with Crippen LogP contribution in [0.15, 0.2) is 54.6 Å². The summed E-state index contributed by atoms with van der Waals surface area (Å²) in [5.41, 5.74) is 3.34. The first-order valence-electron chi connectivity index (χ1n) is 9.31. The third-order valence-corrected chi connectivity index (χ3v) is 4.84. The van der Waals surface area contributed by atoms with Gasteiger partial charge in [-0.15, -0.1) is 0 Å². The summed E-state index contributed by atoms with van der Waals surface area (Å²) in [6, 6.07) is 17.2. The lowest BCUT2D eigenvalue weighted by Crippen LogP contribution is -2.21. The van der Waals surface area contributed by atoms with Crippen molar-refractivity contribution in [3.63, 3.8) is 0 Å². The monoisotopic (exact) mass is 411 g/mol. The van der Waals surface area contributed by atoms with Gasteiger partial charge >= 0.3 is 5.97 Å². The molecule has 2 aromatic carbocycles. The van der Waals surface area contributed by atoms with Crippen molar-refractivity contribution in [2.75, 3.05) is 11.9 Å². The first-order chi connectivity index (χ1) is 14.0. The van der Waals surface area contributed by atoms with Crippen molar-refractivity contribution in [1.82, 2.24) is 9.78 Å². The van der Waals surface area contributed by atoms with Crippen molar-refractivity contribution in [3.8, 4) is 0 Å². The quantitative estimate of drug-likeness (QED) is 0.590. The van der Waals surface area contributed by atoms with Gasteiger partial charge in [0.1, 0.15) is 10.7 Å². The van der Waals surface area contributed by atoms with Crippen LogP contribution in [0.5, 0.6) is 0 Å². The largest absolute Gasteiger partial charge is 0.452 e. The molecule has 0 fully saturated rings. The van der Waals surface area contributed by atoms with Crippen molar-refractivity contribution >= 4 is 29.2 Å². The summed E-state index contributed by atoms with van der Waals surface area (Å²) in [6.45, 7) is 3.71. The Balaban J connectivity index is 1.64. The van der Waals surface area contributed by atoms with Crippen molar-refractivity contribution in [2.45, 2.75) is 26.8 Å². The number of para-hydroxylation sites is 1. The van der Waals surface area contributed by atoms with Crippen LogP contribution in [0.4, 0.5) is 5.69 Å². The normalized spacial score (nSPS) is 10.6. The number of hydrogen-bond donors (Lipinski definition) is 1. The molecule has 1 amide bonds. The van der Waals surface area contributed by atoms with Crippen LogP contribution in [0.3, 0.4) is 0 Å². The van der Waals surface area contributed by atoms with Crippen LogP contribution in [-0.4, -0.2) is 28.3 Å². The molecule has 7 heteroatoms. The molecule has 0 saturated carbocycles. The molecule has 150 valence electrons. The molecule has 3 aromatic rings. The first-order valence-corrected chi connectivity index (χ1v) is 9.69. The Morgan fingerprint density at radius 2 is 1.79 bits per heavy atom. The summed E-state index contributed by atoms with van der Waals surface area (Å²) in [5.74, 6) is -1.09. The zero-order chi connectivity index (χ0) is 20.8. The number of hydrogen-bond acceptors (Lipinski definition) is 4. The predicted octanol–water partition coefficient (Wildman–Crippen LogP) is 4.25. The van der Waals surface area contributed by atoms with E-state index in [1.807, 2.05) is 61.5 Å². The molecule has 0 unspecified atom stereocenters. The van der Waals surface area contributed by atoms with E-state index in [0.717, 1.165) is 17.5 Å². The van der Waals surface area contributed by atoms with Crippen molar-refractivity contribution < 1.29 is 14.3 Å². The standard InChI is InChI=1S/C22H22ClN3O3/c1-3-17-11-7-8-12-18(17)24-19(27)14-29-22(28)20-15(2)25-26(21(20)23)13-16-9-5-4-6-10-16/h4-12H,3,13-14H2,1-2H3,(H,24,27). The molecule has 0 atom stereocenters. The smallest absolute Gasteiger partial charge is 0.343 e. The Hall–Kier alpha value is -3.12. The van der Waals surface area contributed by atoms with Gasteiger partial charge in [0.25, 0.3) is 5.91 Å². The number of nitrogens with zero attached hydrogens (tertiary/aromatic N) is 2. The van der Waals surface area contributed by atoms with Crippen molar-refractivity contribution in [3.05, 3.63) is 82.1 Å². The van der Waals surface area contributed by atoms with Crippen LogP contribution in [0, 0.1) is 6.92 Å². The minimum absolute atomic E-state index is 0.171. The zero-order valence-electron chi connectivity index (χ0n) is 16.3. The van der Waals surface area contributed by atoms with Crippen LogP contribution >= 0.6 is 11.6 Å². The van der Waals surface area contributed by atoms with E-state index in [9.17, 15) is 9.59 Å². The van der Waals surface area contributed by atoms with Gasteiger partial charge in [-0.2, -0.15) is 5.10 Å². The van der Waals surface area contributed by atoms with E-state index in [2.05, 4.69) is 10.4 Å². The summed E-state index contributed by atoms with van der Waals surface area (Å²) in [4.78, 5) is 24.7. The highest BCUT2D eigenvalue weighted by Gasteiger charge is 2.22. The third-order valence-electron chi connectivity index (χ3n) is 4.45. The molecule has 0 spiro atoms. The molecule has 6 nitrogen and oxygen atoms in total. The number of aryl methyl sites for hydroxylation is 2. The Morgan fingerprint density at radius 3 is 2.52 bits per heavy atom. The maximum Gasteiger partial charge on any atom is 0.343 e. The van der Waals surface area contributed by atoms with E-state index >= 15 is 0 Å². The summed E-state index contributed by atoms with van der Waals surface area (Å²) >= 11 is 6.36. The fraction of sp³-hybridized carbons (Fsp3) is 0.227. The highest BCUT2D eigenvalue weighted by atomic mass is 35.5. The topological polar surface area (TPSA) is 73.2 Å². The lowest BCUT2D eigenvalue weighted by molar-refractivity contribution is -0.119. The second-order valence-electron chi connectivity index (χ2n) is 6.53. The molecule has 0 aliphatic rings. The fourth-order valence-corrected chi connectivity index (χ4v) is 3.30. The number of halogens is 1. The Bertz CT molecular complexity index is 1020. The van der Waals surface area contributed by atoms with Crippen LogP contribution in [-0.2, 0) is 22.5 Å². The number of carbonyl (C=O) groups excluding carboxylic acids is 2. The van der Waals surface area contributed by atoms with Gasteiger partial charge in [0, 0.05) is 5.69 Å². The number of rotatable bonds is 7. The molecular weight excluding hydrogens is 390 g/mol. The molecule has 0 bridgehead atoms. The van der Waals surface area contributed by atoms with Gasteiger partial charge in [0.2, 0.25) is 0 Å². The SMILES string of the molecule is CCc1ccccc1NC(=O)COC(=O)c1c(C)nn(Cc2ccccc2)c1Cl.